The quantitative estimate of drug-likeness (QED) is 0.0711. The Balaban J connectivity index is 0.952. The monoisotopic (exact) mass is 792 g/mol. The SMILES string of the molecule is C=C(COc1c(OC)cc(C(=O)c2c[nH]c3cc(OC)ccc23)cc1OC)C(=O)N1CCCC(/C=[N+]2/N=C(c3ccc(Oc4ccccc4)cc3)c3c(N)ncnc32)C1. The molecule has 8 rings (SSSR count). The molecule has 2 aliphatic rings. The second-order valence-electron chi connectivity index (χ2n) is 14.0. The van der Waals surface area contributed by atoms with Gasteiger partial charge in [-0.05, 0) is 78.5 Å². The summed E-state index contributed by atoms with van der Waals surface area (Å²) in [5.74, 6) is 3.26. The van der Waals surface area contributed by atoms with Gasteiger partial charge in [0.2, 0.25) is 12.1 Å². The number of nitrogen functional groups attached to an aromatic ring is 1. The van der Waals surface area contributed by atoms with Crippen LogP contribution >= 0.6 is 0 Å². The van der Waals surface area contributed by atoms with Gasteiger partial charge in [0.1, 0.15) is 47.2 Å². The zero-order valence-electron chi connectivity index (χ0n) is 32.8. The number of nitrogens with one attached hydrogen (secondary N) is 1. The summed E-state index contributed by atoms with van der Waals surface area (Å²) in [4.78, 5) is 41.2. The molecule has 6 aromatic rings. The van der Waals surface area contributed by atoms with E-state index in [0.717, 1.165) is 35.1 Å². The summed E-state index contributed by atoms with van der Waals surface area (Å²) >= 11 is 0. The number of benzene rings is 4. The number of carbonyl (C=O) groups excluding carboxylic acids is 2. The van der Waals surface area contributed by atoms with Gasteiger partial charge in [-0.1, -0.05) is 29.9 Å². The number of H-pyrrole nitrogens is 1. The number of nitrogens with two attached hydrogens (primary N) is 1. The number of fused-ring (bicyclic) bond motifs is 2. The van der Waals surface area contributed by atoms with E-state index in [4.69, 9.17) is 34.5 Å². The number of aromatic amines is 1. The van der Waals surface area contributed by atoms with E-state index in [2.05, 4.69) is 21.5 Å². The number of amides is 1. The zero-order chi connectivity index (χ0) is 41.0. The van der Waals surface area contributed by atoms with Gasteiger partial charge in [0.25, 0.3) is 5.91 Å². The number of methoxy groups -OCH3 is 3. The number of hydrogen-bond acceptors (Lipinski definition) is 11. The van der Waals surface area contributed by atoms with E-state index in [-0.39, 0.29) is 47.0 Å². The van der Waals surface area contributed by atoms with Crippen molar-refractivity contribution >= 4 is 46.2 Å². The van der Waals surface area contributed by atoms with E-state index >= 15 is 0 Å². The molecule has 298 valence electrons. The van der Waals surface area contributed by atoms with Crippen molar-refractivity contribution in [2.24, 2.45) is 11.0 Å². The third-order valence-electron chi connectivity index (χ3n) is 10.3. The van der Waals surface area contributed by atoms with Gasteiger partial charge in [-0.25, -0.2) is 0 Å². The number of para-hydroxylation sites is 1. The third-order valence-corrected chi connectivity index (χ3v) is 10.3. The minimum atomic E-state index is -0.237. The van der Waals surface area contributed by atoms with Crippen molar-refractivity contribution in [1.29, 1.82) is 0 Å². The first-order chi connectivity index (χ1) is 28.7. The van der Waals surface area contributed by atoms with Crippen LogP contribution in [0.4, 0.5) is 11.6 Å². The first-order valence-corrected chi connectivity index (χ1v) is 19.0. The average molecular weight is 793 g/mol. The second kappa shape index (κ2) is 16.5. The van der Waals surface area contributed by atoms with Crippen LogP contribution in [-0.2, 0) is 4.79 Å². The number of piperidine rings is 1. The first-order valence-electron chi connectivity index (χ1n) is 19.0. The Labute approximate surface area is 340 Å². The predicted molar refractivity (Wildman–Crippen MR) is 223 cm³/mol. The van der Waals surface area contributed by atoms with E-state index in [1.165, 1.54) is 20.5 Å². The number of ketones is 1. The lowest BCUT2D eigenvalue weighted by Gasteiger charge is -2.31. The van der Waals surface area contributed by atoms with Crippen LogP contribution in [0.15, 0.2) is 115 Å². The van der Waals surface area contributed by atoms with Crippen molar-refractivity contribution in [3.63, 3.8) is 0 Å². The van der Waals surface area contributed by atoms with Gasteiger partial charge in [0, 0.05) is 64.4 Å². The van der Waals surface area contributed by atoms with E-state index in [1.807, 2.05) is 72.9 Å². The van der Waals surface area contributed by atoms with Gasteiger partial charge in [0.15, 0.2) is 17.3 Å². The molecule has 3 N–H and O–H groups in total. The molecule has 14 nitrogen and oxygen atoms in total. The Morgan fingerprint density at radius 2 is 1.66 bits per heavy atom. The van der Waals surface area contributed by atoms with Gasteiger partial charge in [-0.15, -0.1) is 4.68 Å². The average Bonchev–Trinajstić information content (AvgIpc) is 3.87. The highest BCUT2D eigenvalue weighted by Crippen LogP contribution is 2.40. The fourth-order valence-corrected chi connectivity index (χ4v) is 7.30. The van der Waals surface area contributed by atoms with Crippen LogP contribution in [-0.4, -0.2) is 89.2 Å². The Bertz CT molecular complexity index is 2610. The van der Waals surface area contributed by atoms with Crippen LogP contribution in [0.25, 0.3) is 10.9 Å². The highest BCUT2D eigenvalue weighted by molar-refractivity contribution is 6.18. The second-order valence-corrected chi connectivity index (χ2v) is 14.0. The summed E-state index contributed by atoms with van der Waals surface area (Å²) in [6.45, 7) is 4.93. The van der Waals surface area contributed by atoms with Gasteiger partial charge >= 0.3 is 5.82 Å². The standard InChI is InChI=1S/C45H41N7O7/c1-27(25-58-42-37(56-3)19-30(20-38(42)57-4)41(53)35-22-47-36-21-33(55-2)16-17-34(35)36)45(54)51-18-8-9-28(23-51)24-52-44-39(43(46)48-26-49-44)40(50-52)29-12-14-32(15-13-29)59-31-10-6-5-7-11-31/h5-7,10-17,19-22,24,26,28H,1,8-9,18,23,25H2,2-4H3,(H2-,46,47,48,49,50,53)/p+1/b52-24+. The Morgan fingerprint density at radius 3 is 2.39 bits per heavy atom. The molecule has 59 heavy (non-hydrogen) atoms. The Hall–Kier alpha value is -7.48. The Kier molecular flexibility index (Phi) is 10.8. The number of nitrogens with zero attached hydrogens (tertiary/aromatic N) is 5. The molecular weight excluding hydrogens is 751 g/mol. The lowest BCUT2D eigenvalue weighted by atomic mass is 9.98. The predicted octanol–water partition coefficient (Wildman–Crippen LogP) is 6.94. The molecule has 0 bridgehead atoms. The van der Waals surface area contributed by atoms with E-state index in [0.29, 0.717) is 58.6 Å². The molecule has 14 heteroatoms. The minimum absolute atomic E-state index is 0.0420. The van der Waals surface area contributed by atoms with E-state index < -0.39 is 0 Å². The molecule has 1 unspecified atom stereocenters. The van der Waals surface area contributed by atoms with Gasteiger partial charge < -0.3 is 39.3 Å². The fraction of sp³-hybridized carbons (Fsp3) is 0.200. The van der Waals surface area contributed by atoms with Crippen molar-refractivity contribution in [2.75, 3.05) is 46.8 Å². The van der Waals surface area contributed by atoms with Crippen molar-refractivity contribution < 1.29 is 38.0 Å². The lowest BCUT2D eigenvalue weighted by Crippen LogP contribution is -2.42. The summed E-state index contributed by atoms with van der Waals surface area (Å²) in [7, 11) is 4.54. The van der Waals surface area contributed by atoms with Crippen molar-refractivity contribution in [1.82, 2.24) is 19.9 Å². The van der Waals surface area contributed by atoms with Gasteiger partial charge in [-0.2, -0.15) is 4.98 Å². The Morgan fingerprint density at radius 1 is 0.932 bits per heavy atom. The summed E-state index contributed by atoms with van der Waals surface area (Å²) in [5, 5.41) is 5.68. The smallest absolute Gasteiger partial charge is 0.363 e. The van der Waals surface area contributed by atoms with Crippen LogP contribution in [0.2, 0.25) is 0 Å². The molecule has 4 aromatic carbocycles. The van der Waals surface area contributed by atoms with Gasteiger partial charge in [0.05, 0.1) is 21.3 Å². The molecule has 2 aliphatic heterocycles. The molecule has 0 saturated carbocycles. The lowest BCUT2D eigenvalue weighted by molar-refractivity contribution is -0.442. The van der Waals surface area contributed by atoms with Crippen LogP contribution in [0.5, 0.6) is 34.5 Å². The third kappa shape index (κ3) is 7.80. The summed E-state index contributed by atoms with van der Waals surface area (Å²) < 4.78 is 30.4. The number of hydrazone groups is 1. The van der Waals surface area contributed by atoms with Crippen LogP contribution in [0, 0.1) is 5.92 Å². The number of hydrogen-bond donors (Lipinski definition) is 2. The highest BCUT2D eigenvalue weighted by atomic mass is 16.5. The number of aromatic nitrogens is 3. The summed E-state index contributed by atoms with van der Waals surface area (Å²) in [6, 6.07) is 25.8. The number of likely N-dealkylation sites (tertiary alicyclic amines) is 1. The minimum Gasteiger partial charge on any atom is -0.497 e. The molecule has 0 radical (unpaired) electrons. The molecule has 4 heterocycles. The molecule has 0 spiro atoms. The van der Waals surface area contributed by atoms with Crippen LogP contribution < -0.4 is 29.4 Å². The molecule has 0 aliphatic carbocycles. The fourth-order valence-electron chi connectivity index (χ4n) is 7.30. The summed E-state index contributed by atoms with van der Waals surface area (Å²) in [5.41, 5.74) is 10.3. The number of carbonyl (C=O) groups is 2. The van der Waals surface area contributed by atoms with Crippen LogP contribution in [0.3, 0.4) is 0 Å². The molecule has 1 fully saturated rings. The van der Waals surface area contributed by atoms with Gasteiger partial charge in [-0.3, -0.25) is 9.59 Å². The maximum atomic E-state index is 13.8. The largest absolute Gasteiger partial charge is 0.497 e. The van der Waals surface area contributed by atoms with E-state index in [1.54, 1.807) is 41.1 Å². The normalized spacial score (nSPS) is 15.4. The van der Waals surface area contributed by atoms with Crippen LogP contribution in [0.1, 0.15) is 39.9 Å². The van der Waals surface area contributed by atoms with E-state index in [9.17, 15) is 9.59 Å². The highest BCUT2D eigenvalue weighted by Gasteiger charge is 2.35. The first kappa shape index (κ1) is 38.4. The summed E-state index contributed by atoms with van der Waals surface area (Å²) in [6.07, 6.45) is 6.67. The molecule has 1 atom stereocenters. The molecule has 1 amide bonds. The molecular formula is C45H42N7O7+. The number of anilines is 1. The van der Waals surface area contributed by atoms with Crippen molar-refractivity contribution in [3.8, 4) is 34.5 Å². The van der Waals surface area contributed by atoms with Crippen molar-refractivity contribution in [3.05, 3.63) is 132 Å². The zero-order valence-corrected chi connectivity index (χ0v) is 32.8. The van der Waals surface area contributed by atoms with Crippen molar-refractivity contribution in [2.45, 2.75) is 12.8 Å². The number of ether oxygens (including phenoxy) is 5. The molecule has 2 aromatic heterocycles. The topological polar surface area (TPSA) is 166 Å². The molecule has 1 saturated heterocycles. The maximum Gasteiger partial charge on any atom is 0.363 e. The number of rotatable bonds is 13. The maximum absolute atomic E-state index is 13.8.